The zero-order chi connectivity index (χ0) is 12.8. The van der Waals surface area contributed by atoms with Gasteiger partial charge >= 0.3 is 12.6 Å². The topological polar surface area (TPSA) is 44.8 Å². The lowest BCUT2D eigenvalue weighted by Gasteiger charge is -2.11. The van der Waals surface area contributed by atoms with Crippen molar-refractivity contribution >= 4 is 5.97 Å². The second-order valence-electron chi connectivity index (χ2n) is 2.96. The Kier molecular flexibility index (Phi) is 4.68. The Balaban J connectivity index is 3.03. The number of alkyl halides is 2. The predicted octanol–water partition coefficient (Wildman–Crippen LogP) is 2.47. The molecule has 0 aliphatic rings. The van der Waals surface area contributed by atoms with Gasteiger partial charge in [0, 0.05) is 0 Å². The summed E-state index contributed by atoms with van der Waals surface area (Å²) in [6, 6.07) is 3.86. The lowest BCUT2D eigenvalue weighted by Crippen LogP contribution is -2.07. The zero-order valence-electron chi connectivity index (χ0n) is 9.41. The molecule has 0 aromatic heterocycles. The normalized spacial score (nSPS) is 10.2. The van der Waals surface area contributed by atoms with E-state index < -0.39 is 12.6 Å². The minimum absolute atomic E-state index is 0.0794. The molecule has 0 aliphatic heterocycles. The van der Waals surface area contributed by atoms with Crippen molar-refractivity contribution in [1.82, 2.24) is 0 Å². The summed E-state index contributed by atoms with van der Waals surface area (Å²) in [6.45, 7) is -0.987. The maximum atomic E-state index is 12.1. The van der Waals surface area contributed by atoms with Crippen molar-refractivity contribution in [2.24, 2.45) is 0 Å². The summed E-state index contributed by atoms with van der Waals surface area (Å²) >= 11 is 0. The molecule has 1 rings (SSSR count). The van der Waals surface area contributed by atoms with E-state index >= 15 is 0 Å². The van der Waals surface area contributed by atoms with E-state index in [9.17, 15) is 13.6 Å². The van der Waals surface area contributed by atoms with Crippen LogP contribution in [0.15, 0.2) is 18.2 Å². The number of benzene rings is 1. The molecule has 0 amide bonds. The summed E-state index contributed by atoms with van der Waals surface area (Å²) in [5, 5.41) is 0. The van der Waals surface area contributed by atoms with E-state index in [2.05, 4.69) is 9.47 Å². The maximum Gasteiger partial charge on any atom is 0.387 e. The molecule has 17 heavy (non-hydrogen) atoms. The second-order valence-corrected chi connectivity index (χ2v) is 2.96. The first-order chi connectivity index (χ1) is 8.08. The van der Waals surface area contributed by atoms with Crippen molar-refractivity contribution in [1.29, 1.82) is 0 Å². The first-order valence-electron chi connectivity index (χ1n) is 4.88. The van der Waals surface area contributed by atoms with Crippen LogP contribution in [0.25, 0.3) is 0 Å². The SMILES string of the molecule is CCOc1cc(C(=O)OC)ccc1OC(F)F. The van der Waals surface area contributed by atoms with Gasteiger partial charge in [-0.25, -0.2) is 4.79 Å². The number of carbonyl (C=O) groups excluding carboxylic acids is 1. The minimum atomic E-state index is -2.95. The Hall–Kier alpha value is -1.85. The Morgan fingerprint density at radius 1 is 1.35 bits per heavy atom. The van der Waals surface area contributed by atoms with Crippen LogP contribution in [0.4, 0.5) is 8.78 Å². The first kappa shape index (κ1) is 13.2. The molecule has 4 nitrogen and oxygen atoms in total. The highest BCUT2D eigenvalue weighted by molar-refractivity contribution is 5.90. The third-order valence-electron chi connectivity index (χ3n) is 1.88. The second kappa shape index (κ2) is 6.03. The molecule has 0 radical (unpaired) electrons. The summed E-state index contributed by atoms with van der Waals surface area (Å²) in [5.41, 5.74) is 0.206. The van der Waals surface area contributed by atoms with Gasteiger partial charge in [0.25, 0.3) is 0 Å². The number of ether oxygens (including phenoxy) is 3. The Morgan fingerprint density at radius 2 is 2.06 bits per heavy atom. The molecule has 1 aromatic rings. The highest BCUT2D eigenvalue weighted by Gasteiger charge is 2.14. The number of rotatable bonds is 5. The van der Waals surface area contributed by atoms with Crippen molar-refractivity contribution in [3.8, 4) is 11.5 Å². The van der Waals surface area contributed by atoms with E-state index in [-0.39, 0.29) is 23.7 Å². The van der Waals surface area contributed by atoms with Crippen molar-refractivity contribution in [3.63, 3.8) is 0 Å². The highest BCUT2D eigenvalue weighted by Crippen LogP contribution is 2.30. The van der Waals surface area contributed by atoms with Crippen molar-refractivity contribution in [2.75, 3.05) is 13.7 Å². The van der Waals surface area contributed by atoms with Crippen LogP contribution in [-0.2, 0) is 4.74 Å². The molecule has 0 aliphatic carbocycles. The molecule has 0 atom stereocenters. The summed E-state index contributed by atoms with van der Waals surface area (Å²) in [4.78, 5) is 11.2. The van der Waals surface area contributed by atoms with Crippen LogP contribution in [-0.4, -0.2) is 26.3 Å². The average Bonchev–Trinajstić information content (AvgIpc) is 2.30. The van der Waals surface area contributed by atoms with Crippen LogP contribution < -0.4 is 9.47 Å². The van der Waals surface area contributed by atoms with Crippen LogP contribution in [0.3, 0.4) is 0 Å². The summed E-state index contributed by atoms with van der Waals surface area (Å²) in [5.74, 6) is -0.611. The zero-order valence-corrected chi connectivity index (χ0v) is 9.41. The number of hydrogen-bond donors (Lipinski definition) is 0. The lowest BCUT2D eigenvalue weighted by molar-refractivity contribution is -0.0514. The standard InChI is InChI=1S/C11H12F2O4/c1-3-16-9-6-7(10(14)15-2)4-5-8(9)17-11(12)13/h4-6,11H,3H2,1-2H3. The van der Waals surface area contributed by atoms with E-state index in [0.29, 0.717) is 0 Å². The molecule has 0 spiro atoms. The van der Waals surface area contributed by atoms with Crippen LogP contribution in [0.5, 0.6) is 11.5 Å². The van der Waals surface area contributed by atoms with E-state index in [1.165, 1.54) is 25.3 Å². The summed E-state index contributed by atoms with van der Waals surface area (Å²) in [7, 11) is 1.23. The molecule has 1 aromatic carbocycles. The number of methoxy groups -OCH3 is 1. The molecule has 0 unspecified atom stereocenters. The quantitative estimate of drug-likeness (QED) is 0.749. The molecule has 0 heterocycles. The van der Waals surface area contributed by atoms with Crippen LogP contribution in [0, 0.1) is 0 Å². The van der Waals surface area contributed by atoms with Gasteiger partial charge in [0.15, 0.2) is 11.5 Å². The fourth-order valence-corrected chi connectivity index (χ4v) is 1.21. The number of hydrogen-bond acceptors (Lipinski definition) is 4. The highest BCUT2D eigenvalue weighted by atomic mass is 19.3. The van der Waals surface area contributed by atoms with Crippen LogP contribution >= 0.6 is 0 Å². The van der Waals surface area contributed by atoms with Gasteiger partial charge in [-0.3, -0.25) is 0 Å². The maximum absolute atomic E-state index is 12.1. The van der Waals surface area contributed by atoms with Gasteiger partial charge in [0.2, 0.25) is 0 Å². The monoisotopic (exact) mass is 246 g/mol. The number of carbonyl (C=O) groups is 1. The van der Waals surface area contributed by atoms with Crippen molar-refractivity contribution in [3.05, 3.63) is 23.8 Å². The fourth-order valence-electron chi connectivity index (χ4n) is 1.21. The van der Waals surface area contributed by atoms with Gasteiger partial charge in [-0.05, 0) is 25.1 Å². The van der Waals surface area contributed by atoms with Gasteiger partial charge in [-0.2, -0.15) is 8.78 Å². The van der Waals surface area contributed by atoms with Gasteiger partial charge < -0.3 is 14.2 Å². The molecule has 0 fully saturated rings. The summed E-state index contributed by atoms with van der Waals surface area (Å²) in [6.07, 6.45) is 0. The van der Waals surface area contributed by atoms with Crippen molar-refractivity contribution < 1.29 is 27.8 Å². The minimum Gasteiger partial charge on any atom is -0.490 e. The Morgan fingerprint density at radius 3 is 2.59 bits per heavy atom. The lowest BCUT2D eigenvalue weighted by atomic mass is 10.2. The molecule has 0 saturated heterocycles. The van der Waals surface area contributed by atoms with E-state index in [4.69, 9.17) is 4.74 Å². The van der Waals surface area contributed by atoms with E-state index in [1.54, 1.807) is 6.92 Å². The summed E-state index contributed by atoms with van der Waals surface area (Å²) < 4.78 is 38.1. The molecule has 0 saturated carbocycles. The fraction of sp³-hybridized carbons (Fsp3) is 0.364. The van der Waals surface area contributed by atoms with E-state index in [0.717, 1.165) is 0 Å². The van der Waals surface area contributed by atoms with Gasteiger partial charge in [-0.1, -0.05) is 0 Å². The molecular weight excluding hydrogens is 234 g/mol. The smallest absolute Gasteiger partial charge is 0.387 e. The number of halogens is 2. The number of esters is 1. The third kappa shape index (κ3) is 3.58. The van der Waals surface area contributed by atoms with E-state index in [1.807, 2.05) is 0 Å². The molecule has 6 heteroatoms. The van der Waals surface area contributed by atoms with Gasteiger partial charge in [0.05, 0.1) is 19.3 Å². The van der Waals surface area contributed by atoms with Crippen molar-refractivity contribution in [2.45, 2.75) is 13.5 Å². The van der Waals surface area contributed by atoms with Gasteiger partial charge in [-0.15, -0.1) is 0 Å². The molecule has 0 N–H and O–H groups in total. The first-order valence-corrected chi connectivity index (χ1v) is 4.88. The predicted molar refractivity (Wildman–Crippen MR) is 55.6 cm³/mol. The molecule has 0 bridgehead atoms. The average molecular weight is 246 g/mol. The Labute approximate surface area is 97.1 Å². The van der Waals surface area contributed by atoms with Gasteiger partial charge in [0.1, 0.15) is 0 Å². The Bertz CT molecular complexity index is 393. The van der Waals surface area contributed by atoms with Crippen LogP contribution in [0.1, 0.15) is 17.3 Å². The third-order valence-corrected chi connectivity index (χ3v) is 1.88. The largest absolute Gasteiger partial charge is 0.490 e. The van der Waals surface area contributed by atoms with Crippen LogP contribution in [0.2, 0.25) is 0 Å². The molecule has 94 valence electrons. The molecular formula is C11H12F2O4.